The van der Waals surface area contributed by atoms with Crippen LogP contribution < -0.4 is 16.0 Å². The van der Waals surface area contributed by atoms with Gasteiger partial charge in [0.2, 0.25) is 5.91 Å². The molecule has 2 atom stereocenters. The number of guanidine groups is 1. The van der Waals surface area contributed by atoms with Gasteiger partial charge in [-0.25, -0.2) is 4.99 Å². The number of hydrogen-bond donors (Lipinski definition) is 4. The molecule has 0 fully saturated rings. The van der Waals surface area contributed by atoms with Gasteiger partial charge in [-0.15, -0.1) is 0 Å². The largest absolute Gasteiger partial charge is 0.383 e. The van der Waals surface area contributed by atoms with Crippen LogP contribution in [0.2, 0.25) is 0 Å². The highest BCUT2D eigenvalue weighted by molar-refractivity contribution is 7.08. The Morgan fingerprint density at radius 2 is 2.17 bits per heavy atom. The number of carbonyl (C=O) groups excluding carboxylic acids is 1. The van der Waals surface area contributed by atoms with E-state index in [1.165, 1.54) is 0 Å². The van der Waals surface area contributed by atoms with Gasteiger partial charge in [-0.2, -0.15) is 11.3 Å². The SMILES string of the molecule is CCNC(=NCC(C)(O)c1ccsc1)NCCC(=O)NC(C)CC. The van der Waals surface area contributed by atoms with Crippen molar-refractivity contribution in [2.24, 2.45) is 4.99 Å². The average Bonchev–Trinajstić information content (AvgIpc) is 3.07. The highest BCUT2D eigenvalue weighted by atomic mass is 32.1. The minimum Gasteiger partial charge on any atom is -0.383 e. The first-order valence-corrected chi connectivity index (χ1v) is 9.40. The molecule has 6 nitrogen and oxygen atoms in total. The van der Waals surface area contributed by atoms with Gasteiger partial charge in [0.1, 0.15) is 5.60 Å². The summed E-state index contributed by atoms with van der Waals surface area (Å²) in [5, 5.41) is 23.6. The molecule has 0 saturated heterocycles. The van der Waals surface area contributed by atoms with Gasteiger partial charge in [-0.1, -0.05) is 6.92 Å². The summed E-state index contributed by atoms with van der Waals surface area (Å²) in [6.45, 7) is 9.21. The van der Waals surface area contributed by atoms with Crippen LogP contribution in [0.5, 0.6) is 0 Å². The first-order valence-electron chi connectivity index (χ1n) is 8.45. The lowest BCUT2D eigenvalue weighted by Crippen LogP contribution is -2.41. The molecule has 0 aliphatic carbocycles. The van der Waals surface area contributed by atoms with Gasteiger partial charge < -0.3 is 21.1 Å². The molecule has 0 radical (unpaired) electrons. The van der Waals surface area contributed by atoms with E-state index in [1.807, 2.05) is 37.6 Å². The molecular weight excluding hydrogens is 324 g/mol. The number of thiophene rings is 1. The van der Waals surface area contributed by atoms with Gasteiger partial charge in [0.15, 0.2) is 5.96 Å². The predicted molar refractivity (Wildman–Crippen MR) is 100 cm³/mol. The van der Waals surface area contributed by atoms with Crippen molar-refractivity contribution in [3.8, 4) is 0 Å². The first-order chi connectivity index (χ1) is 11.4. The van der Waals surface area contributed by atoms with E-state index in [0.29, 0.717) is 25.5 Å². The number of carbonyl (C=O) groups is 1. The fourth-order valence-corrected chi connectivity index (χ4v) is 2.76. The zero-order chi connectivity index (χ0) is 18.0. The van der Waals surface area contributed by atoms with Crippen LogP contribution in [0.25, 0.3) is 0 Å². The van der Waals surface area contributed by atoms with Crippen LogP contribution in [-0.2, 0) is 10.4 Å². The summed E-state index contributed by atoms with van der Waals surface area (Å²) in [5.41, 5.74) is -0.143. The Balaban J connectivity index is 2.49. The minimum absolute atomic E-state index is 0.0259. The summed E-state index contributed by atoms with van der Waals surface area (Å²) in [6.07, 6.45) is 1.30. The molecule has 0 aliphatic rings. The molecule has 1 aromatic heterocycles. The third-order valence-corrected chi connectivity index (χ3v) is 4.38. The molecule has 1 rings (SSSR count). The van der Waals surface area contributed by atoms with Crippen molar-refractivity contribution in [1.82, 2.24) is 16.0 Å². The standard InChI is InChI=1S/C17H30N4O2S/c1-5-13(3)21-15(22)7-9-19-16(18-6-2)20-12-17(4,23)14-8-10-24-11-14/h8,10-11,13,23H,5-7,9,12H2,1-4H3,(H,21,22)(H2,18,19,20). The van der Waals surface area contributed by atoms with Gasteiger partial charge in [0.05, 0.1) is 6.54 Å². The fraction of sp³-hybridized carbons (Fsp3) is 0.647. The summed E-state index contributed by atoms with van der Waals surface area (Å²) in [6, 6.07) is 2.10. The van der Waals surface area contributed by atoms with Gasteiger partial charge in [-0.3, -0.25) is 4.79 Å². The Bertz CT molecular complexity index is 515. The number of rotatable bonds is 9. The van der Waals surface area contributed by atoms with E-state index < -0.39 is 5.60 Å². The molecule has 0 saturated carbocycles. The van der Waals surface area contributed by atoms with Crippen LogP contribution >= 0.6 is 11.3 Å². The number of hydrogen-bond acceptors (Lipinski definition) is 4. The third kappa shape index (κ3) is 7.31. The number of amides is 1. The molecule has 24 heavy (non-hydrogen) atoms. The number of nitrogens with one attached hydrogen (secondary N) is 3. The third-order valence-electron chi connectivity index (χ3n) is 3.70. The summed E-state index contributed by atoms with van der Waals surface area (Å²) in [7, 11) is 0. The van der Waals surface area contributed by atoms with Gasteiger partial charge in [0, 0.05) is 25.6 Å². The zero-order valence-electron chi connectivity index (χ0n) is 15.1. The Hall–Kier alpha value is -1.60. The molecule has 0 spiro atoms. The zero-order valence-corrected chi connectivity index (χ0v) is 15.9. The molecule has 0 bridgehead atoms. The maximum absolute atomic E-state index is 11.8. The highest BCUT2D eigenvalue weighted by Gasteiger charge is 2.23. The van der Waals surface area contributed by atoms with Crippen LogP contribution in [0.4, 0.5) is 0 Å². The molecular formula is C17H30N4O2S. The van der Waals surface area contributed by atoms with Gasteiger partial charge in [-0.05, 0) is 49.6 Å². The van der Waals surface area contributed by atoms with Crippen molar-refractivity contribution in [2.45, 2.75) is 52.2 Å². The molecule has 4 N–H and O–H groups in total. The number of nitrogens with zero attached hydrogens (tertiary/aromatic N) is 1. The summed E-state index contributed by atoms with van der Waals surface area (Å²) in [4.78, 5) is 16.2. The summed E-state index contributed by atoms with van der Waals surface area (Å²) >= 11 is 1.55. The number of aliphatic imine (C=N–C) groups is 1. The maximum Gasteiger partial charge on any atom is 0.221 e. The van der Waals surface area contributed by atoms with E-state index in [1.54, 1.807) is 18.3 Å². The first kappa shape index (κ1) is 20.4. The van der Waals surface area contributed by atoms with Crippen molar-refractivity contribution in [3.05, 3.63) is 22.4 Å². The van der Waals surface area contributed by atoms with Crippen LogP contribution in [0.1, 0.15) is 46.1 Å². The van der Waals surface area contributed by atoms with Crippen LogP contribution in [0.3, 0.4) is 0 Å². The summed E-state index contributed by atoms with van der Waals surface area (Å²) in [5.74, 6) is 0.627. The fourth-order valence-electron chi connectivity index (χ4n) is 1.98. The van der Waals surface area contributed by atoms with E-state index in [2.05, 4.69) is 20.9 Å². The molecule has 7 heteroatoms. The van der Waals surface area contributed by atoms with E-state index in [9.17, 15) is 9.90 Å². The monoisotopic (exact) mass is 354 g/mol. The van der Waals surface area contributed by atoms with Gasteiger partial charge >= 0.3 is 0 Å². The van der Waals surface area contributed by atoms with Gasteiger partial charge in [0.25, 0.3) is 0 Å². The molecule has 0 aromatic carbocycles. The smallest absolute Gasteiger partial charge is 0.221 e. The molecule has 0 aliphatic heterocycles. The summed E-state index contributed by atoms with van der Waals surface area (Å²) < 4.78 is 0. The maximum atomic E-state index is 11.8. The lowest BCUT2D eigenvalue weighted by molar-refractivity contribution is -0.121. The normalized spacial score (nSPS) is 15.5. The Morgan fingerprint density at radius 1 is 1.42 bits per heavy atom. The minimum atomic E-state index is -1.00. The lowest BCUT2D eigenvalue weighted by atomic mass is 10.00. The van der Waals surface area contributed by atoms with Crippen molar-refractivity contribution in [3.63, 3.8) is 0 Å². The van der Waals surface area contributed by atoms with Crippen molar-refractivity contribution >= 4 is 23.2 Å². The van der Waals surface area contributed by atoms with Crippen LogP contribution in [0, 0.1) is 0 Å². The highest BCUT2D eigenvalue weighted by Crippen LogP contribution is 2.23. The Kier molecular flexibility index (Phi) is 8.78. The van der Waals surface area contributed by atoms with Crippen molar-refractivity contribution in [2.75, 3.05) is 19.6 Å². The van der Waals surface area contributed by atoms with Crippen molar-refractivity contribution < 1.29 is 9.90 Å². The Labute approximate surface area is 148 Å². The average molecular weight is 355 g/mol. The predicted octanol–water partition coefficient (Wildman–Crippen LogP) is 1.82. The quantitative estimate of drug-likeness (QED) is 0.402. The van der Waals surface area contributed by atoms with Crippen molar-refractivity contribution in [1.29, 1.82) is 0 Å². The van der Waals surface area contributed by atoms with E-state index >= 15 is 0 Å². The van der Waals surface area contributed by atoms with E-state index in [0.717, 1.165) is 12.0 Å². The van der Waals surface area contributed by atoms with E-state index in [-0.39, 0.29) is 18.5 Å². The second-order valence-electron chi connectivity index (χ2n) is 6.03. The number of aliphatic hydroxyl groups is 1. The molecule has 1 heterocycles. The Morgan fingerprint density at radius 3 is 2.75 bits per heavy atom. The van der Waals surface area contributed by atoms with E-state index in [4.69, 9.17) is 0 Å². The molecule has 1 amide bonds. The second-order valence-corrected chi connectivity index (χ2v) is 6.81. The second kappa shape index (κ2) is 10.3. The van der Waals surface area contributed by atoms with Crippen LogP contribution in [-0.4, -0.2) is 42.6 Å². The molecule has 2 unspecified atom stereocenters. The molecule has 136 valence electrons. The lowest BCUT2D eigenvalue weighted by Gasteiger charge is -2.21. The van der Waals surface area contributed by atoms with Crippen LogP contribution in [0.15, 0.2) is 21.8 Å². The topological polar surface area (TPSA) is 85.8 Å². The molecule has 1 aromatic rings.